The van der Waals surface area contributed by atoms with E-state index in [1.807, 2.05) is 0 Å². The van der Waals surface area contributed by atoms with E-state index in [9.17, 15) is 140 Å². The van der Waals surface area contributed by atoms with E-state index in [0.717, 1.165) is 4.43 Å². The van der Waals surface area contributed by atoms with Crippen LogP contribution in [0.5, 0.6) is 0 Å². The van der Waals surface area contributed by atoms with Crippen molar-refractivity contribution in [3.63, 3.8) is 0 Å². The van der Waals surface area contributed by atoms with Crippen molar-refractivity contribution >= 4 is 8.32 Å². The lowest BCUT2D eigenvalue weighted by Crippen LogP contribution is -2.85. The highest BCUT2D eigenvalue weighted by atomic mass is 28.4. The van der Waals surface area contributed by atoms with Crippen LogP contribution in [-0.2, 0) is 4.43 Å². The lowest BCUT2D eigenvalue weighted by molar-refractivity contribution is -0.473. The second kappa shape index (κ2) is 11.0. The summed E-state index contributed by atoms with van der Waals surface area (Å²) in [6.07, 6.45) is -25.2. The minimum atomic E-state index is -12.0. The third-order valence-electron chi connectivity index (χ3n) is 5.36. The van der Waals surface area contributed by atoms with E-state index in [-0.39, 0.29) is 0 Å². The first kappa shape index (κ1) is 45.9. The van der Waals surface area contributed by atoms with E-state index in [4.69, 9.17) is 0 Å². The van der Waals surface area contributed by atoms with Gasteiger partial charge in [0.2, 0.25) is 0 Å². The molecule has 1 nitrogen and oxygen atoms in total. The van der Waals surface area contributed by atoms with Crippen molar-refractivity contribution in [2.45, 2.75) is 83.0 Å². The molecule has 0 fully saturated rings. The van der Waals surface area contributed by atoms with E-state index in [0.29, 0.717) is 0 Å². The van der Waals surface area contributed by atoms with Crippen LogP contribution in [0, 0.1) is 0 Å². The average molecular weight is 820 g/mol. The number of hydrogen-bond acceptors (Lipinski definition) is 1. The minimum Gasteiger partial charge on any atom is -0.332 e. The maximum Gasteiger partial charge on any atom is 0.518 e. The second-order valence-corrected chi connectivity index (χ2v) is 11.8. The fourth-order valence-electron chi connectivity index (χ4n) is 2.73. The summed E-state index contributed by atoms with van der Waals surface area (Å²) < 4.78 is 422. The summed E-state index contributed by atoms with van der Waals surface area (Å²) in [5.41, 5.74) is -10.1. The standard InChI is InChI=1S/C14F32OSi/c15-1(16,3(19,20)5(23,24)7(27,28)9(31,32)33)2(17,18)4(21,22)6(25,26)8(29,30)12(39,40)48(13(41,42)43,14(44,45)46)47-11(37,38)10(34,35)36. The van der Waals surface area contributed by atoms with Gasteiger partial charge in [-0.1, -0.05) is 0 Å². The van der Waals surface area contributed by atoms with Gasteiger partial charge in [0.05, 0.1) is 0 Å². The molecule has 290 valence electrons. The molecule has 0 rings (SSSR count). The molecule has 34 heteroatoms. The molecule has 0 aliphatic heterocycles. The molecule has 0 saturated heterocycles. The third-order valence-corrected chi connectivity index (χ3v) is 8.72. The normalized spacial score (nSPS) is 17.2. The summed E-state index contributed by atoms with van der Waals surface area (Å²) in [4.78, 5) is 0. The van der Waals surface area contributed by atoms with E-state index in [1.54, 1.807) is 0 Å². The molecule has 0 aliphatic rings. The Hall–Kier alpha value is -2.06. The Kier molecular flexibility index (Phi) is 10.5. The highest BCUT2D eigenvalue weighted by Gasteiger charge is 3.03. The van der Waals surface area contributed by atoms with Crippen LogP contribution >= 0.6 is 0 Å². The number of rotatable bonds is 11. The summed E-state index contributed by atoms with van der Waals surface area (Å²) in [6, 6.07) is 0. The summed E-state index contributed by atoms with van der Waals surface area (Å²) in [6.45, 7) is 0. The monoisotopic (exact) mass is 820 g/mol. The lowest BCUT2D eigenvalue weighted by atomic mass is 9.87. The van der Waals surface area contributed by atoms with Gasteiger partial charge in [0.15, 0.2) is 0 Å². The van der Waals surface area contributed by atoms with Gasteiger partial charge in [-0.15, -0.1) is 0 Å². The molecular formula is C14F32OSi. The van der Waals surface area contributed by atoms with Gasteiger partial charge in [-0.3, -0.25) is 0 Å². The van der Waals surface area contributed by atoms with Gasteiger partial charge in [-0.2, -0.15) is 132 Å². The molecule has 0 amide bonds. The Morgan fingerprint density at radius 3 is 0.646 bits per heavy atom. The molecular weight excluding hydrogens is 820 g/mol. The Morgan fingerprint density at radius 2 is 0.458 bits per heavy atom. The zero-order valence-corrected chi connectivity index (χ0v) is 21.0. The molecule has 0 radical (unpaired) electrons. The van der Waals surface area contributed by atoms with Crippen molar-refractivity contribution in [3.8, 4) is 0 Å². The first-order valence-corrected chi connectivity index (χ1v) is 11.6. The highest BCUT2D eigenvalue weighted by molar-refractivity contribution is 6.80. The molecule has 0 aliphatic carbocycles. The summed E-state index contributed by atoms with van der Waals surface area (Å²) in [5, 5.41) is 0. The molecule has 0 aromatic rings. The number of halogens is 32. The summed E-state index contributed by atoms with van der Waals surface area (Å²) >= 11 is 0. The minimum absolute atomic E-state index is 0.777. The van der Waals surface area contributed by atoms with Crippen LogP contribution in [0.1, 0.15) is 0 Å². The fourth-order valence-corrected chi connectivity index (χ4v) is 5.22. The van der Waals surface area contributed by atoms with Crippen LogP contribution in [0.25, 0.3) is 0 Å². The van der Waals surface area contributed by atoms with E-state index >= 15 is 0 Å². The molecule has 0 aromatic heterocycles. The molecule has 0 atom stereocenters. The molecule has 48 heavy (non-hydrogen) atoms. The average Bonchev–Trinajstić information content (AvgIpc) is 2.78. The quantitative estimate of drug-likeness (QED) is 0.149. The lowest BCUT2D eigenvalue weighted by Gasteiger charge is -2.47. The Morgan fingerprint density at radius 1 is 0.250 bits per heavy atom. The molecule has 0 bridgehead atoms. The fraction of sp³-hybridized carbons (Fsp3) is 1.00. The van der Waals surface area contributed by atoms with Gasteiger partial charge in [0.1, 0.15) is 0 Å². The van der Waals surface area contributed by atoms with Crippen molar-refractivity contribution in [3.05, 3.63) is 0 Å². The van der Waals surface area contributed by atoms with Gasteiger partial charge in [0, 0.05) is 0 Å². The van der Waals surface area contributed by atoms with Crippen LogP contribution in [0.3, 0.4) is 0 Å². The zero-order chi connectivity index (χ0) is 40.2. The van der Waals surface area contributed by atoms with Gasteiger partial charge < -0.3 is 4.43 Å². The smallest absolute Gasteiger partial charge is 0.332 e. The largest absolute Gasteiger partial charge is 0.518 e. The van der Waals surface area contributed by atoms with Gasteiger partial charge in [-0.25, -0.2) is 8.78 Å². The number of hydrogen-bond donors (Lipinski definition) is 0. The summed E-state index contributed by atoms with van der Waals surface area (Å²) in [5.74, 6) is -97.0. The van der Waals surface area contributed by atoms with Crippen molar-refractivity contribution in [2.75, 3.05) is 0 Å². The van der Waals surface area contributed by atoms with Gasteiger partial charge in [-0.05, 0) is 0 Å². The van der Waals surface area contributed by atoms with E-state index in [2.05, 4.69) is 0 Å². The van der Waals surface area contributed by atoms with Gasteiger partial charge in [0.25, 0.3) is 0 Å². The Balaban J connectivity index is 8.05. The molecule has 0 unspecified atom stereocenters. The highest BCUT2D eigenvalue weighted by Crippen LogP contribution is 2.68. The first-order valence-electron chi connectivity index (χ1n) is 9.71. The van der Waals surface area contributed by atoms with E-state index in [1.165, 1.54) is 0 Å². The summed E-state index contributed by atoms with van der Waals surface area (Å²) in [7, 11) is -12.0. The van der Waals surface area contributed by atoms with Gasteiger partial charge >= 0.3 is 91.3 Å². The van der Waals surface area contributed by atoms with Crippen molar-refractivity contribution in [1.29, 1.82) is 0 Å². The van der Waals surface area contributed by atoms with Crippen molar-refractivity contribution in [1.82, 2.24) is 0 Å². The number of alkyl halides is 32. The van der Waals surface area contributed by atoms with Crippen molar-refractivity contribution < 1.29 is 145 Å². The van der Waals surface area contributed by atoms with Crippen LogP contribution in [0.15, 0.2) is 0 Å². The molecule has 0 spiro atoms. The molecule has 0 aromatic carbocycles. The third kappa shape index (κ3) is 5.54. The molecule has 0 heterocycles. The topological polar surface area (TPSA) is 9.23 Å². The van der Waals surface area contributed by atoms with Crippen LogP contribution in [0.2, 0.25) is 0 Å². The predicted molar refractivity (Wildman–Crippen MR) is 80.5 cm³/mol. The van der Waals surface area contributed by atoms with Crippen molar-refractivity contribution in [2.24, 2.45) is 0 Å². The first-order chi connectivity index (χ1) is 20.0. The maximum absolute atomic E-state index is 14.2. The van der Waals surface area contributed by atoms with Crippen LogP contribution in [-0.4, -0.2) is 91.3 Å². The Bertz CT molecular complexity index is 1150. The maximum atomic E-state index is 14.2. The van der Waals surface area contributed by atoms with Crippen LogP contribution in [0.4, 0.5) is 140 Å². The molecule has 0 saturated carbocycles. The zero-order valence-electron chi connectivity index (χ0n) is 20.0. The Labute approximate surface area is 237 Å². The van der Waals surface area contributed by atoms with Crippen LogP contribution < -0.4 is 0 Å². The van der Waals surface area contributed by atoms with E-state index < -0.39 is 91.3 Å². The molecule has 0 N–H and O–H groups in total. The predicted octanol–water partition coefficient (Wildman–Crippen LogP) is 10.1. The SMILES string of the molecule is FC(F)(F)C(F)(F)O[Si](C(F)(F)F)(C(F)(F)F)C(F)(F)C(F)(F)C(F)(F)C(F)(F)C(F)(F)C(F)(F)C(F)(F)C(F)(F)C(F)(F)C(F)(F)F. The second-order valence-electron chi connectivity index (χ2n) is 8.46.